The fraction of sp³-hybridized carbons (Fsp3) is 0.300. The number of anilines is 1. The number of hydrogen-bond acceptors (Lipinski definition) is 3. The molecule has 4 nitrogen and oxygen atoms in total. The lowest BCUT2D eigenvalue weighted by Crippen LogP contribution is -2.53. The summed E-state index contributed by atoms with van der Waals surface area (Å²) in [4.78, 5) is 13.0. The number of nitrogens with zero attached hydrogens (tertiary/aromatic N) is 1. The standard InChI is InChI=1S/C10H10F2N2O2/c11-7-1-6(9(13)2-8(7)12)10(16)14-3-5(15)4-14/h1-2,5,15H,3-4,13H2. The number of hydrogen-bond donors (Lipinski definition) is 2. The highest BCUT2D eigenvalue weighted by atomic mass is 19.2. The molecule has 0 bridgehead atoms. The molecule has 1 amide bonds. The minimum absolute atomic E-state index is 0.0780. The van der Waals surface area contributed by atoms with Crippen molar-refractivity contribution < 1.29 is 18.7 Å². The number of carbonyl (C=O) groups excluding carboxylic acids is 1. The number of amides is 1. The van der Waals surface area contributed by atoms with Gasteiger partial charge in [-0.3, -0.25) is 4.79 Å². The molecule has 1 heterocycles. The van der Waals surface area contributed by atoms with E-state index in [1.807, 2.05) is 0 Å². The molecule has 2 rings (SSSR count). The van der Waals surface area contributed by atoms with Gasteiger partial charge in [-0.2, -0.15) is 0 Å². The van der Waals surface area contributed by atoms with E-state index >= 15 is 0 Å². The Morgan fingerprint density at radius 2 is 1.94 bits per heavy atom. The van der Waals surface area contributed by atoms with Crippen molar-refractivity contribution in [1.82, 2.24) is 4.90 Å². The smallest absolute Gasteiger partial charge is 0.256 e. The van der Waals surface area contributed by atoms with Crippen LogP contribution in [0.1, 0.15) is 10.4 Å². The number of β-amino-alcohol motifs (C(OH)–C–C–N with tert-alkyl or cyclic N) is 1. The van der Waals surface area contributed by atoms with E-state index in [0.29, 0.717) is 0 Å². The molecule has 1 fully saturated rings. The maximum atomic E-state index is 12.9. The topological polar surface area (TPSA) is 66.6 Å². The number of nitrogen functional groups attached to an aromatic ring is 1. The molecule has 0 radical (unpaired) electrons. The second-order valence-electron chi connectivity index (χ2n) is 3.72. The van der Waals surface area contributed by atoms with Crippen LogP contribution >= 0.6 is 0 Å². The average Bonchev–Trinajstić information content (AvgIpc) is 2.18. The zero-order chi connectivity index (χ0) is 11.9. The van der Waals surface area contributed by atoms with Gasteiger partial charge in [0.2, 0.25) is 0 Å². The number of aliphatic hydroxyl groups is 1. The SMILES string of the molecule is Nc1cc(F)c(F)cc1C(=O)N1CC(O)C1. The number of rotatable bonds is 1. The second kappa shape index (κ2) is 3.71. The van der Waals surface area contributed by atoms with Crippen molar-refractivity contribution in [3.8, 4) is 0 Å². The molecule has 0 aromatic heterocycles. The molecule has 1 saturated heterocycles. The number of benzene rings is 1. The first-order chi connectivity index (χ1) is 7.49. The van der Waals surface area contributed by atoms with Crippen molar-refractivity contribution in [2.75, 3.05) is 18.8 Å². The third-order valence-corrected chi connectivity index (χ3v) is 2.47. The Morgan fingerprint density at radius 1 is 1.38 bits per heavy atom. The van der Waals surface area contributed by atoms with Gasteiger partial charge in [-0.1, -0.05) is 0 Å². The molecule has 6 heteroatoms. The van der Waals surface area contributed by atoms with Crippen LogP contribution in [0.4, 0.5) is 14.5 Å². The van der Waals surface area contributed by atoms with Crippen LogP contribution in [0.2, 0.25) is 0 Å². The average molecular weight is 228 g/mol. The highest BCUT2D eigenvalue weighted by molar-refractivity contribution is 5.99. The molecule has 0 saturated carbocycles. The van der Waals surface area contributed by atoms with Crippen LogP contribution in [0.15, 0.2) is 12.1 Å². The highest BCUT2D eigenvalue weighted by Crippen LogP contribution is 2.21. The number of halogens is 2. The van der Waals surface area contributed by atoms with Crippen LogP contribution in [-0.2, 0) is 0 Å². The van der Waals surface area contributed by atoms with E-state index < -0.39 is 23.6 Å². The van der Waals surface area contributed by atoms with Crippen molar-refractivity contribution in [2.45, 2.75) is 6.10 Å². The van der Waals surface area contributed by atoms with Gasteiger partial charge < -0.3 is 15.7 Å². The maximum Gasteiger partial charge on any atom is 0.256 e. The molecule has 86 valence electrons. The lowest BCUT2D eigenvalue weighted by Gasteiger charge is -2.36. The minimum Gasteiger partial charge on any atom is -0.398 e. The summed E-state index contributed by atoms with van der Waals surface area (Å²) in [5.41, 5.74) is 5.24. The van der Waals surface area contributed by atoms with Gasteiger partial charge >= 0.3 is 0 Å². The Morgan fingerprint density at radius 3 is 2.50 bits per heavy atom. The molecule has 1 aromatic rings. The highest BCUT2D eigenvalue weighted by Gasteiger charge is 2.30. The molecule has 1 aromatic carbocycles. The summed E-state index contributed by atoms with van der Waals surface area (Å²) in [7, 11) is 0. The third kappa shape index (κ3) is 1.71. The third-order valence-electron chi connectivity index (χ3n) is 2.47. The molecular weight excluding hydrogens is 218 g/mol. The van der Waals surface area contributed by atoms with Crippen molar-refractivity contribution in [1.29, 1.82) is 0 Å². The maximum absolute atomic E-state index is 12.9. The van der Waals surface area contributed by atoms with Gasteiger partial charge in [0.05, 0.1) is 11.7 Å². The Labute approximate surface area is 90.3 Å². The molecule has 0 atom stereocenters. The molecule has 0 spiro atoms. The van der Waals surface area contributed by atoms with Gasteiger partial charge in [0.25, 0.3) is 5.91 Å². The second-order valence-corrected chi connectivity index (χ2v) is 3.72. The summed E-state index contributed by atoms with van der Waals surface area (Å²) in [5.74, 6) is -2.70. The van der Waals surface area contributed by atoms with Gasteiger partial charge in [0, 0.05) is 24.8 Å². The van der Waals surface area contributed by atoms with Crippen molar-refractivity contribution in [3.63, 3.8) is 0 Å². The van der Waals surface area contributed by atoms with E-state index in [4.69, 9.17) is 10.8 Å². The van der Waals surface area contributed by atoms with Gasteiger partial charge in [-0.25, -0.2) is 8.78 Å². The van der Waals surface area contributed by atoms with E-state index in [-0.39, 0.29) is 24.3 Å². The zero-order valence-electron chi connectivity index (χ0n) is 8.28. The first-order valence-corrected chi connectivity index (χ1v) is 4.71. The van der Waals surface area contributed by atoms with Crippen LogP contribution < -0.4 is 5.73 Å². The lowest BCUT2D eigenvalue weighted by atomic mass is 10.1. The molecule has 0 unspecified atom stereocenters. The van der Waals surface area contributed by atoms with E-state index in [2.05, 4.69) is 0 Å². The summed E-state index contributed by atoms with van der Waals surface area (Å²) in [5, 5.41) is 9.02. The van der Waals surface area contributed by atoms with Gasteiger partial charge in [0.1, 0.15) is 0 Å². The van der Waals surface area contributed by atoms with Gasteiger partial charge in [-0.15, -0.1) is 0 Å². The number of aliphatic hydroxyl groups excluding tert-OH is 1. The lowest BCUT2D eigenvalue weighted by molar-refractivity contribution is 0.00593. The molecule has 0 aliphatic carbocycles. The van der Waals surface area contributed by atoms with Crippen LogP contribution in [0, 0.1) is 11.6 Å². The molecule has 3 N–H and O–H groups in total. The Bertz CT molecular complexity index is 445. The molecule has 16 heavy (non-hydrogen) atoms. The van der Waals surface area contributed by atoms with Gasteiger partial charge in [0.15, 0.2) is 11.6 Å². The predicted octanol–water partition coefficient (Wildman–Crippen LogP) is 0.364. The van der Waals surface area contributed by atoms with Crippen molar-refractivity contribution >= 4 is 11.6 Å². The van der Waals surface area contributed by atoms with E-state index in [9.17, 15) is 13.6 Å². The van der Waals surface area contributed by atoms with Crippen molar-refractivity contribution in [2.24, 2.45) is 0 Å². The summed E-state index contributed by atoms with van der Waals surface area (Å²) in [6.45, 7) is 0.383. The van der Waals surface area contributed by atoms with Crippen LogP contribution in [-0.4, -0.2) is 35.1 Å². The number of likely N-dealkylation sites (tertiary alicyclic amines) is 1. The van der Waals surface area contributed by atoms with E-state index in [1.165, 1.54) is 4.90 Å². The van der Waals surface area contributed by atoms with Crippen molar-refractivity contribution in [3.05, 3.63) is 29.3 Å². The minimum atomic E-state index is -1.11. The molecule has 1 aliphatic heterocycles. The summed E-state index contributed by atoms with van der Waals surface area (Å²) in [6, 6.07) is 1.55. The van der Waals surface area contributed by atoms with Crippen LogP contribution in [0.5, 0.6) is 0 Å². The van der Waals surface area contributed by atoms with Crippen LogP contribution in [0.3, 0.4) is 0 Å². The quantitative estimate of drug-likeness (QED) is 0.682. The monoisotopic (exact) mass is 228 g/mol. The first-order valence-electron chi connectivity index (χ1n) is 4.71. The predicted molar refractivity (Wildman–Crippen MR) is 52.7 cm³/mol. The first kappa shape index (κ1) is 10.8. The summed E-state index contributed by atoms with van der Waals surface area (Å²) >= 11 is 0. The largest absolute Gasteiger partial charge is 0.398 e. The van der Waals surface area contributed by atoms with Gasteiger partial charge in [-0.05, 0) is 6.07 Å². The summed E-state index contributed by atoms with van der Waals surface area (Å²) in [6.07, 6.45) is -0.546. The zero-order valence-corrected chi connectivity index (χ0v) is 8.28. The molecule has 1 aliphatic rings. The Balaban J connectivity index is 2.27. The van der Waals surface area contributed by atoms with E-state index in [0.717, 1.165) is 12.1 Å². The Kier molecular flexibility index (Phi) is 2.51. The fourth-order valence-corrected chi connectivity index (χ4v) is 1.54. The number of carbonyl (C=O) groups is 1. The number of nitrogens with two attached hydrogens (primary N) is 1. The molecular formula is C10H10F2N2O2. The summed E-state index contributed by atoms with van der Waals surface area (Å²) < 4.78 is 25.7. The Hall–Kier alpha value is -1.69. The van der Waals surface area contributed by atoms with Crippen LogP contribution in [0.25, 0.3) is 0 Å². The van der Waals surface area contributed by atoms with E-state index in [1.54, 1.807) is 0 Å². The normalized spacial score (nSPS) is 16.1. The fourth-order valence-electron chi connectivity index (χ4n) is 1.54.